The molecule has 0 saturated heterocycles. The second-order valence-corrected chi connectivity index (χ2v) is 8.33. The molecule has 1 atom stereocenters. The topological polar surface area (TPSA) is 70.5 Å². The minimum atomic E-state index is -0.0761. The lowest BCUT2D eigenvalue weighted by molar-refractivity contribution is -0.120. The molecule has 7 nitrogen and oxygen atoms in total. The van der Waals surface area contributed by atoms with Gasteiger partial charge in [0.15, 0.2) is 0 Å². The minimum absolute atomic E-state index is 0.00938. The van der Waals surface area contributed by atoms with Crippen LogP contribution in [0.2, 0.25) is 0 Å². The average molecular weight is 385 g/mol. The van der Waals surface area contributed by atoms with Crippen molar-refractivity contribution in [2.45, 2.75) is 36.2 Å². The van der Waals surface area contributed by atoms with Crippen molar-refractivity contribution in [2.24, 2.45) is 0 Å². The first kappa shape index (κ1) is 17.9. The number of amides is 3. The van der Waals surface area contributed by atoms with Gasteiger partial charge in [-0.05, 0) is 24.1 Å². The second kappa shape index (κ2) is 7.26. The molecule has 0 saturated carbocycles. The van der Waals surface area contributed by atoms with Crippen LogP contribution in [0.25, 0.3) is 0 Å². The van der Waals surface area contributed by atoms with Crippen LogP contribution in [0, 0.1) is 0 Å². The third-order valence-electron chi connectivity index (χ3n) is 4.88. The van der Waals surface area contributed by atoms with Crippen LogP contribution in [0.15, 0.2) is 35.2 Å². The SMILES string of the molecule is CN(C)C(=O)N1CCn2nc(CNC(=O)[C@H]3Cc4ccccc4S3)cc2C1. The molecule has 0 unspecified atom stereocenters. The van der Waals surface area contributed by atoms with Gasteiger partial charge in [-0.3, -0.25) is 9.48 Å². The summed E-state index contributed by atoms with van der Waals surface area (Å²) in [6.45, 7) is 2.28. The lowest BCUT2D eigenvalue weighted by Gasteiger charge is -2.29. The number of thioether (sulfide) groups is 1. The maximum Gasteiger partial charge on any atom is 0.319 e. The van der Waals surface area contributed by atoms with Gasteiger partial charge in [0.1, 0.15) is 0 Å². The van der Waals surface area contributed by atoms with Gasteiger partial charge in [-0.25, -0.2) is 4.79 Å². The molecule has 142 valence electrons. The van der Waals surface area contributed by atoms with E-state index in [1.807, 2.05) is 27.8 Å². The van der Waals surface area contributed by atoms with Crippen LogP contribution in [0.4, 0.5) is 4.79 Å². The molecular formula is C19H23N5O2S. The third-order valence-corrected chi connectivity index (χ3v) is 6.20. The molecule has 4 rings (SSSR count). The van der Waals surface area contributed by atoms with Gasteiger partial charge in [0, 0.05) is 25.5 Å². The highest BCUT2D eigenvalue weighted by molar-refractivity contribution is 8.01. The zero-order valence-corrected chi connectivity index (χ0v) is 16.3. The lowest BCUT2D eigenvalue weighted by Crippen LogP contribution is -2.43. The van der Waals surface area contributed by atoms with Crippen molar-refractivity contribution in [2.75, 3.05) is 20.6 Å². The van der Waals surface area contributed by atoms with E-state index < -0.39 is 0 Å². The zero-order valence-electron chi connectivity index (χ0n) is 15.5. The molecule has 3 heterocycles. The van der Waals surface area contributed by atoms with E-state index in [1.165, 1.54) is 10.5 Å². The highest BCUT2D eigenvalue weighted by Gasteiger charge is 2.28. The Hall–Kier alpha value is -2.48. The van der Waals surface area contributed by atoms with E-state index in [0.717, 1.165) is 17.8 Å². The Morgan fingerprint density at radius 1 is 1.30 bits per heavy atom. The van der Waals surface area contributed by atoms with Gasteiger partial charge in [0.2, 0.25) is 5.91 Å². The first-order chi connectivity index (χ1) is 13.0. The van der Waals surface area contributed by atoms with Crippen molar-refractivity contribution in [1.29, 1.82) is 0 Å². The number of hydrogen-bond donors (Lipinski definition) is 1. The normalized spacial score (nSPS) is 18.0. The smallest absolute Gasteiger partial charge is 0.319 e. The van der Waals surface area contributed by atoms with Crippen molar-refractivity contribution in [3.63, 3.8) is 0 Å². The number of rotatable bonds is 3. The molecule has 8 heteroatoms. The number of carbonyl (C=O) groups is 2. The van der Waals surface area contributed by atoms with Crippen LogP contribution in [-0.2, 0) is 30.8 Å². The number of urea groups is 1. The highest BCUT2D eigenvalue weighted by Crippen LogP contribution is 2.36. The van der Waals surface area contributed by atoms with Gasteiger partial charge in [0.05, 0.1) is 36.3 Å². The van der Waals surface area contributed by atoms with Gasteiger partial charge in [-0.1, -0.05) is 18.2 Å². The summed E-state index contributed by atoms with van der Waals surface area (Å²) >= 11 is 1.63. The summed E-state index contributed by atoms with van der Waals surface area (Å²) in [5.74, 6) is 0.0478. The largest absolute Gasteiger partial charge is 0.349 e. The summed E-state index contributed by atoms with van der Waals surface area (Å²) < 4.78 is 1.93. The van der Waals surface area contributed by atoms with Gasteiger partial charge >= 0.3 is 6.03 Å². The summed E-state index contributed by atoms with van der Waals surface area (Å²) in [5.41, 5.74) is 3.08. The fraction of sp³-hybridized carbons (Fsp3) is 0.421. The molecule has 27 heavy (non-hydrogen) atoms. The molecule has 1 aromatic heterocycles. The molecule has 2 aliphatic rings. The van der Waals surface area contributed by atoms with Gasteiger partial charge in [0.25, 0.3) is 0 Å². The predicted octanol–water partition coefficient (Wildman–Crippen LogP) is 1.71. The van der Waals surface area contributed by atoms with E-state index in [1.54, 1.807) is 30.8 Å². The Labute approximate surface area is 162 Å². The molecule has 2 aliphatic heterocycles. The molecule has 0 spiro atoms. The van der Waals surface area contributed by atoms with Crippen molar-refractivity contribution in [1.82, 2.24) is 24.9 Å². The Bertz CT molecular complexity index is 854. The second-order valence-electron chi connectivity index (χ2n) is 7.08. The fourth-order valence-electron chi connectivity index (χ4n) is 3.48. The van der Waals surface area contributed by atoms with E-state index in [-0.39, 0.29) is 17.2 Å². The van der Waals surface area contributed by atoms with Crippen LogP contribution in [0.1, 0.15) is 17.0 Å². The molecule has 2 aromatic rings. The van der Waals surface area contributed by atoms with Crippen LogP contribution in [0.5, 0.6) is 0 Å². The summed E-state index contributed by atoms with van der Waals surface area (Å²) in [5, 5.41) is 7.51. The van der Waals surface area contributed by atoms with Crippen molar-refractivity contribution in [3.8, 4) is 0 Å². The van der Waals surface area contributed by atoms with Gasteiger partial charge < -0.3 is 15.1 Å². The molecule has 1 N–H and O–H groups in total. The first-order valence-electron chi connectivity index (χ1n) is 9.05. The number of hydrogen-bond acceptors (Lipinski definition) is 4. The predicted molar refractivity (Wildman–Crippen MR) is 103 cm³/mol. The lowest BCUT2D eigenvalue weighted by atomic mass is 10.1. The molecular weight excluding hydrogens is 362 g/mol. The number of nitrogens with one attached hydrogen (secondary N) is 1. The van der Waals surface area contributed by atoms with Crippen LogP contribution in [-0.4, -0.2) is 57.4 Å². The van der Waals surface area contributed by atoms with Crippen molar-refractivity contribution < 1.29 is 9.59 Å². The van der Waals surface area contributed by atoms with Gasteiger partial charge in [-0.2, -0.15) is 5.10 Å². The maximum atomic E-state index is 12.5. The van der Waals surface area contributed by atoms with Crippen molar-refractivity contribution >= 4 is 23.7 Å². The van der Waals surface area contributed by atoms with Crippen LogP contribution >= 0.6 is 11.8 Å². The Morgan fingerprint density at radius 2 is 2.11 bits per heavy atom. The zero-order chi connectivity index (χ0) is 19.0. The summed E-state index contributed by atoms with van der Waals surface area (Å²) in [4.78, 5) is 29.2. The van der Waals surface area contributed by atoms with Gasteiger partial charge in [-0.15, -0.1) is 11.8 Å². The monoisotopic (exact) mass is 385 g/mol. The fourth-order valence-corrected chi connectivity index (χ4v) is 4.70. The average Bonchev–Trinajstić information content (AvgIpc) is 3.28. The quantitative estimate of drug-likeness (QED) is 0.873. The van der Waals surface area contributed by atoms with E-state index in [0.29, 0.717) is 26.2 Å². The number of nitrogens with zero attached hydrogens (tertiary/aromatic N) is 4. The number of carbonyl (C=O) groups excluding carboxylic acids is 2. The van der Waals surface area contributed by atoms with Crippen LogP contribution in [0.3, 0.4) is 0 Å². The molecule has 1 aromatic carbocycles. The minimum Gasteiger partial charge on any atom is -0.349 e. The standard InChI is InChI=1S/C19H23N5O2S/c1-22(2)19(26)23-7-8-24-15(12-23)10-14(21-24)11-20-18(25)17-9-13-5-3-4-6-16(13)27-17/h3-6,10,17H,7-9,11-12H2,1-2H3,(H,20,25)/t17-/m1/s1. The molecule has 0 fully saturated rings. The number of aromatic nitrogens is 2. The molecule has 3 amide bonds. The van der Waals surface area contributed by atoms with Crippen LogP contribution < -0.4 is 5.32 Å². The number of fused-ring (bicyclic) bond motifs is 2. The number of benzene rings is 1. The summed E-state index contributed by atoms with van der Waals surface area (Å²) in [7, 11) is 3.52. The Kier molecular flexibility index (Phi) is 4.82. The van der Waals surface area contributed by atoms with E-state index >= 15 is 0 Å². The maximum absolute atomic E-state index is 12.5. The van der Waals surface area contributed by atoms with E-state index in [2.05, 4.69) is 22.5 Å². The summed E-state index contributed by atoms with van der Waals surface area (Å²) in [6.07, 6.45) is 0.772. The van der Waals surface area contributed by atoms with E-state index in [9.17, 15) is 9.59 Å². The Morgan fingerprint density at radius 3 is 2.89 bits per heavy atom. The molecule has 0 radical (unpaired) electrons. The Balaban J connectivity index is 1.34. The highest BCUT2D eigenvalue weighted by atomic mass is 32.2. The molecule has 0 bridgehead atoms. The third kappa shape index (κ3) is 3.66. The van der Waals surface area contributed by atoms with E-state index in [4.69, 9.17) is 0 Å². The molecule has 0 aliphatic carbocycles. The first-order valence-corrected chi connectivity index (χ1v) is 9.93. The van der Waals surface area contributed by atoms with Crippen molar-refractivity contribution in [3.05, 3.63) is 47.3 Å². The summed E-state index contributed by atoms with van der Waals surface area (Å²) in [6, 6.07) is 10.2.